The molecule has 2 N–H and O–H groups in total. The van der Waals surface area contributed by atoms with E-state index in [0.717, 1.165) is 13.3 Å². The van der Waals surface area contributed by atoms with Crippen molar-refractivity contribution >= 4 is 28.6 Å². The van der Waals surface area contributed by atoms with Crippen molar-refractivity contribution in [2.24, 2.45) is 5.73 Å². The summed E-state index contributed by atoms with van der Waals surface area (Å²) >= 11 is 1.52. The van der Waals surface area contributed by atoms with Crippen LogP contribution in [0.2, 0.25) is 0 Å². The zero-order valence-electron chi connectivity index (χ0n) is 9.05. The van der Waals surface area contributed by atoms with Crippen LogP contribution in [-0.2, 0) is 11.3 Å². The van der Waals surface area contributed by atoms with Crippen LogP contribution in [0.15, 0.2) is 6.20 Å². The van der Waals surface area contributed by atoms with Crippen LogP contribution in [0.4, 0.5) is 13.2 Å². The number of alkyl halides is 3. The molecule has 0 radical (unpaired) electrons. The number of halogens is 4. The second kappa shape index (κ2) is 5.69. The first kappa shape index (κ1) is 15.0. The van der Waals surface area contributed by atoms with Crippen molar-refractivity contribution < 1.29 is 27.4 Å². The molecule has 0 amide bonds. The number of nitrogens with zero attached hydrogens (tertiary/aromatic N) is 1. The molecule has 0 aliphatic rings. The number of esters is 1. The van der Waals surface area contributed by atoms with E-state index in [1.165, 1.54) is 22.6 Å². The van der Waals surface area contributed by atoms with Gasteiger partial charge in [-0.15, -0.1) is 13.2 Å². The number of hydrogen-bond donors (Lipinski definition) is 1. The molecule has 0 unspecified atom stereocenters. The number of carbonyl (C=O) groups excluding carboxylic acids is 1. The van der Waals surface area contributed by atoms with Crippen LogP contribution in [0, 0.1) is 3.57 Å². The Kier molecular flexibility index (Phi) is 4.73. The van der Waals surface area contributed by atoms with Crippen LogP contribution in [0.5, 0.6) is 5.75 Å². The summed E-state index contributed by atoms with van der Waals surface area (Å²) in [5.41, 5.74) is 5.08. The Balaban J connectivity index is 3.31. The summed E-state index contributed by atoms with van der Waals surface area (Å²) in [6.45, 7) is -0.199. The van der Waals surface area contributed by atoms with Gasteiger partial charge in [0.2, 0.25) is 0 Å². The van der Waals surface area contributed by atoms with Crippen molar-refractivity contribution in [3.05, 3.63) is 21.0 Å². The molecule has 1 aromatic heterocycles. The maximum atomic E-state index is 12.2. The van der Waals surface area contributed by atoms with Crippen molar-refractivity contribution in [2.45, 2.75) is 12.9 Å². The predicted octanol–water partition coefficient (Wildman–Crippen LogP) is 1.83. The Hall–Kier alpha value is -1.10. The molecule has 1 heterocycles. The molecule has 0 spiro atoms. The Morgan fingerprint density at radius 2 is 2.17 bits per heavy atom. The van der Waals surface area contributed by atoms with Crippen molar-refractivity contribution in [2.75, 3.05) is 7.11 Å². The highest BCUT2D eigenvalue weighted by Crippen LogP contribution is 2.32. The lowest BCUT2D eigenvalue weighted by Gasteiger charge is -2.15. The summed E-state index contributed by atoms with van der Waals surface area (Å²) in [5.74, 6) is -1.38. The molecule has 1 rings (SSSR count). The Morgan fingerprint density at radius 1 is 1.56 bits per heavy atom. The van der Waals surface area contributed by atoms with Crippen LogP contribution in [-0.4, -0.2) is 24.4 Å². The van der Waals surface area contributed by atoms with Gasteiger partial charge < -0.3 is 15.2 Å². The second-order valence-electron chi connectivity index (χ2n) is 3.02. The third-order valence-electron chi connectivity index (χ3n) is 1.86. The monoisotopic (exact) mass is 376 g/mol. The van der Waals surface area contributed by atoms with E-state index in [0.29, 0.717) is 0 Å². The van der Waals surface area contributed by atoms with E-state index in [1.807, 2.05) is 0 Å². The Bertz CT molecular complexity index is 465. The zero-order chi connectivity index (χ0) is 13.9. The highest BCUT2D eigenvalue weighted by atomic mass is 127. The Morgan fingerprint density at radius 3 is 2.61 bits per heavy atom. The van der Waals surface area contributed by atoms with Gasteiger partial charge in [0.1, 0.15) is 0 Å². The Labute approximate surface area is 114 Å². The highest BCUT2D eigenvalue weighted by molar-refractivity contribution is 14.1. The quantitative estimate of drug-likeness (QED) is 0.644. The number of hydrogen-bond acceptors (Lipinski definition) is 5. The topological polar surface area (TPSA) is 74.4 Å². The van der Waals surface area contributed by atoms with Gasteiger partial charge >= 0.3 is 12.3 Å². The number of methoxy groups -OCH3 is 1. The van der Waals surface area contributed by atoms with Gasteiger partial charge in [-0.2, -0.15) is 0 Å². The van der Waals surface area contributed by atoms with E-state index in [9.17, 15) is 18.0 Å². The molecule has 0 saturated heterocycles. The van der Waals surface area contributed by atoms with Crippen molar-refractivity contribution in [3.63, 3.8) is 0 Å². The van der Waals surface area contributed by atoms with E-state index in [2.05, 4.69) is 14.5 Å². The van der Waals surface area contributed by atoms with E-state index >= 15 is 0 Å². The molecule has 0 aliphatic carbocycles. The molecule has 5 nitrogen and oxygen atoms in total. The van der Waals surface area contributed by atoms with Crippen LogP contribution in [0.3, 0.4) is 0 Å². The molecule has 0 atom stereocenters. The minimum atomic E-state index is -4.88. The van der Waals surface area contributed by atoms with Gasteiger partial charge in [-0.25, -0.2) is 9.78 Å². The number of rotatable bonds is 3. The smallest absolute Gasteiger partial charge is 0.464 e. The summed E-state index contributed by atoms with van der Waals surface area (Å²) in [5, 5.41) is 0. The third-order valence-corrected chi connectivity index (χ3v) is 2.87. The fourth-order valence-corrected chi connectivity index (χ4v) is 1.93. The van der Waals surface area contributed by atoms with Gasteiger partial charge in [-0.05, 0) is 22.6 Å². The van der Waals surface area contributed by atoms with Crippen LogP contribution in [0.1, 0.15) is 16.1 Å². The standard InChI is InChI=1S/C9H8F3IN2O3/c1-17-8(16)6-5(13)7(18-9(10,11)12)4(2-14)3-15-6/h3H,2,14H2,1H3. The summed E-state index contributed by atoms with van der Waals surface area (Å²) in [6, 6.07) is 0. The summed E-state index contributed by atoms with van der Waals surface area (Å²) < 4.78 is 44.9. The average molecular weight is 376 g/mol. The van der Waals surface area contributed by atoms with Gasteiger partial charge in [0.05, 0.1) is 10.7 Å². The van der Waals surface area contributed by atoms with Crippen LogP contribution in [0.25, 0.3) is 0 Å². The van der Waals surface area contributed by atoms with Gasteiger partial charge in [0, 0.05) is 18.3 Å². The minimum absolute atomic E-state index is 0.0457. The van der Waals surface area contributed by atoms with Crippen molar-refractivity contribution in [1.82, 2.24) is 4.98 Å². The first-order valence-electron chi connectivity index (χ1n) is 4.51. The largest absolute Gasteiger partial charge is 0.573 e. The van der Waals surface area contributed by atoms with E-state index in [4.69, 9.17) is 5.73 Å². The van der Waals surface area contributed by atoms with E-state index in [1.54, 1.807) is 0 Å². The fourth-order valence-electron chi connectivity index (χ4n) is 1.12. The minimum Gasteiger partial charge on any atom is -0.464 e. The average Bonchev–Trinajstić information content (AvgIpc) is 2.29. The molecule has 0 bridgehead atoms. The lowest BCUT2D eigenvalue weighted by atomic mass is 10.2. The number of pyridine rings is 1. The third kappa shape index (κ3) is 3.45. The van der Waals surface area contributed by atoms with Gasteiger partial charge in [-0.1, -0.05) is 0 Å². The van der Waals surface area contributed by atoms with Crippen molar-refractivity contribution in [3.8, 4) is 5.75 Å². The van der Waals surface area contributed by atoms with Gasteiger partial charge in [-0.3, -0.25) is 0 Å². The lowest BCUT2D eigenvalue weighted by Crippen LogP contribution is -2.21. The molecule has 0 fully saturated rings. The maximum absolute atomic E-state index is 12.2. The van der Waals surface area contributed by atoms with E-state index in [-0.39, 0.29) is 21.4 Å². The number of nitrogens with two attached hydrogens (primary N) is 1. The van der Waals surface area contributed by atoms with Crippen LogP contribution >= 0.6 is 22.6 Å². The lowest BCUT2D eigenvalue weighted by molar-refractivity contribution is -0.275. The molecule has 9 heteroatoms. The predicted molar refractivity (Wildman–Crippen MR) is 62.9 cm³/mol. The summed E-state index contributed by atoms with van der Waals surface area (Å²) in [6.07, 6.45) is -3.83. The van der Waals surface area contributed by atoms with E-state index < -0.39 is 18.1 Å². The van der Waals surface area contributed by atoms with Gasteiger partial charge in [0.15, 0.2) is 11.4 Å². The first-order valence-corrected chi connectivity index (χ1v) is 5.59. The first-order chi connectivity index (χ1) is 8.30. The second-order valence-corrected chi connectivity index (χ2v) is 4.10. The molecule has 0 aliphatic heterocycles. The summed E-state index contributed by atoms with van der Waals surface area (Å²) in [7, 11) is 1.10. The molecular formula is C9H8F3IN2O3. The van der Waals surface area contributed by atoms with Crippen LogP contribution < -0.4 is 10.5 Å². The molecule has 100 valence electrons. The fraction of sp³-hybridized carbons (Fsp3) is 0.333. The summed E-state index contributed by atoms with van der Waals surface area (Å²) in [4.78, 5) is 15.0. The maximum Gasteiger partial charge on any atom is 0.573 e. The highest BCUT2D eigenvalue weighted by Gasteiger charge is 2.34. The number of ether oxygens (including phenoxy) is 2. The molecule has 18 heavy (non-hydrogen) atoms. The zero-order valence-corrected chi connectivity index (χ0v) is 11.2. The van der Waals surface area contributed by atoms with Crippen molar-refractivity contribution in [1.29, 1.82) is 0 Å². The molecular weight excluding hydrogens is 368 g/mol. The molecule has 0 aromatic carbocycles. The normalized spacial score (nSPS) is 11.2. The number of carbonyl (C=O) groups is 1. The SMILES string of the molecule is COC(=O)c1ncc(CN)c(OC(F)(F)F)c1I. The van der Waals surface area contributed by atoms with Gasteiger partial charge in [0.25, 0.3) is 0 Å². The molecule has 1 aromatic rings. The number of aromatic nitrogens is 1. The molecule has 0 saturated carbocycles.